The van der Waals surface area contributed by atoms with Crippen molar-refractivity contribution in [3.63, 3.8) is 0 Å². The molecule has 0 unspecified atom stereocenters. The Hall–Kier alpha value is -1.24. The summed E-state index contributed by atoms with van der Waals surface area (Å²) in [6.45, 7) is 0.0870. The number of hydrogen-bond acceptors (Lipinski definition) is 3. The van der Waals surface area contributed by atoms with Crippen molar-refractivity contribution in [2.24, 2.45) is 0 Å². The quantitative estimate of drug-likeness (QED) is 0.749. The van der Waals surface area contributed by atoms with E-state index in [0.29, 0.717) is 6.20 Å². The number of aliphatic carboxylic acids is 1. The lowest BCUT2D eigenvalue weighted by Gasteiger charge is -2.22. The van der Waals surface area contributed by atoms with Gasteiger partial charge in [0.25, 0.3) is 0 Å². The number of halogens is 3. The van der Waals surface area contributed by atoms with Crippen LogP contribution in [0.2, 0.25) is 0 Å². The van der Waals surface area contributed by atoms with Crippen molar-refractivity contribution in [2.75, 3.05) is 13.2 Å². The van der Waals surface area contributed by atoms with E-state index in [9.17, 15) is 18.0 Å². The molecule has 1 saturated heterocycles. The van der Waals surface area contributed by atoms with Crippen LogP contribution in [0.3, 0.4) is 0 Å². The van der Waals surface area contributed by atoms with Gasteiger partial charge in [-0.1, -0.05) is 0 Å². The average molecular weight is 225 g/mol. The second kappa shape index (κ2) is 4.09. The van der Waals surface area contributed by atoms with Crippen LogP contribution in [-0.4, -0.2) is 36.0 Å². The summed E-state index contributed by atoms with van der Waals surface area (Å²) in [5.74, 6) is -1.22. The zero-order valence-corrected chi connectivity index (χ0v) is 7.67. The maximum atomic E-state index is 11.7. The number of carbonyl (C=O) groups is 1. The van der Waals surface area contributed by atoms with E-state index in [1.54, 1.807) is 0 Å². The first-order valence-corrected chi connectivity index (χ1v) is 4.19. The molecule has 0 radical (unpaired) electrons. The fraction of sp³-hybridized carbons (Fsp3) is 0.625. The maximum Gasteiger partial charge on any atom is 0.411 e. The standard InChI is InChI=1S/C8H10F3NO3/c9-8(10,11)1-3-12-7(6(13)14)2-4-15-5-7/h1,3,12H,2,4-5H2,(H,13,14)/t7-/m0/s1. The molecule has 0 saturated carbocycles. The van der Waals surface area contributed by atoms with Gasteiger partial charge in [0.2, 0.25) is 0 Å². The van der Waals surface area contributed by atoms with E-state index in [2.05, 4.69) is 5.32 Å². The van der Waals surface area contributed by atoms with Crippen LogP contribution in [0, 0.1) is 0 Å². The molecule has 0 aromatic rings. The lowest BCUT2D eigenvalue weighted by Crippen LogP contribution is -2.50. The van der Waals surface area contributed by atoms with E-state index in [1.165, 1.54) is 0 Å². The molecule has 1 heterocycles. The molecule has 1 aliphatic heterocycles. The highest BCUT2D eigenvalue weighted by atomic mass is 19.4. The number of ether oxygens (including phenoxy) is 1. The first-order chi connectivity index (χ1) is 6.86. The summed E-state index contributed by atoms with van der Waals surface area (Å²) in [5, 5.41) is 11.1. The van der Waals surface area contributed by atoms with Gasteiger partial charge in [-0.25, -0.2) is 4.79 Å². The second-order valence-corrected chi connectivity index (χ2v) is 3.21. The zero-order valence-electron chi connectivity index (χ0n) is 7.67. The SMILES string of the molecule is O=C(O)[C@]1(NC=CC(F)(F)F)CCOC1. The molecule has 0 amide bonds. The molecule has 0 aliphatic carbocycles. The lowest BCUT2D eigenvalue weighted by molar-refractivity contribution is -0.144. The largest absolute Gasteiger partial charge is 0.479 e. The van der Waals surface area contributed by atoms with Crippen molar-refractivity contribution in [2.45, 2.75) is 18.1 Å². The van der Waals surface area contributed by atoms with E-state index in [1.807, 2.05) is 0 Å². The highest BCUT2D eigenvalue weighted by Crippen LogP contribution is 2.20. The van der Waals surface area contributed by atoms with Gasteiger partial charge in [0.05, 0.1) is 6.61 Å². The third-order valence-corrected chi connectivity index (χ3v) is 2.06. The van der Waals surface area contributed by atoms with E-state index < -0.39 is 17.7 Å². The van der Waals surface area contributed by atoms with Gasteiger partial charge in [-0.2, -0.15) is 13.2 Å². The third-order valence-electron chi connectivity index (χ3n) is 2.06. The van der Waals surface area contributed by atoms with Gasteiger partial charge in [0.15, 0.2) is 5.54 Å². The molecular formula is C8H10F3NO3. The minimum atomic E-state index is -4.45. The Labute approximate surface area is 83.7 Å². The molecule has 4 nitrogen and oxygen atoms in total. The van der Waals surface area contributed by atoms with Crippen LogP contribution in [0.5, 0.6) is 0 Å². The zero-order chi connectivity index (χ0) is 11.5. The molecule has 1 fully saturated rings. The minimum absolute atomic E-state index is 0.0456. The molecule has 1 aliphatic rings. The summed E-state index contributed by atoms with van der Waals surface area (Å²) in [4.78, 5) is 10.8. The molecule has 7 heteroatoms. The van der Waals surface area contributed by atoms with Crippen molar-refractivity contribution in [3.05, 3.63) is 12.3 Å². The van der Waals surface area contributed by atoms with Gasteiger partial charge in [-0.05, 0) is 0 Å². The van der Waals surface area contributed by atoms with Crippen LogP contribution < -0.4 is 5.32 Å². The number of rotatable bonds is 3. The summed E-state index contributed by atoms with van der Waals surface area (Å²) in [5.41, 5.74) is -1.43. The molecule has 0 spiro atoms. The van der Waals surface area contributed by atoms with Crippen molar-refractivity contribution in [3.8, 4) is 0 Å². The Morgan fingerprint density at radius 1 is 1.53 bits per heavy atom. The number of alkyl halides is 3. The van der Waals surface area contributed by atoms with Crippen molar-refractivity contribution in [1.82, 2.24) is 5.32 Å². The maximum absolute atomic E-state index is 11.7. The first kappa shape index (κ1) is 11.8. The summed E-state index contributed by atoms with van der Waals surface area (Å²) < 4.78 is 40.1. The molecular weight excluding hydrogens is 215 g/mol. The normalized spacial score (nSPS) is 27.1. The topological polar surface area (TPSA) is 58.6 Å². The lowest BCUT2D eigenvalue weighted by atomic mass is 9.99. The molecule has 0 aromatic carbocycles. The van der Waals surface area contributed by atoms with E-state index >= 15 is 0 Å². The average Bonchev–Trinajstić information content (AvgIpc) is 2.51. The summed E-state index contributed by atoms with van der Waals surface area (Å²) >= 11 is 0. The molecule has 15 heavy (non-hydrogen) atoms. The van der Waals surface area contributed by atoms with Crippen LogP contribution >= 0.6 is 0 Å². The van der Waals surface area contributed by atoms with Gasteiger partial charge in [0, 0.05) is 25.3 Å². The van der Waals surface area contributed by atoms with Gasteiger partial charge in [-0.3, -0.25) is 0 Å². The molecule has 86 valence electrons. The molecule has 1 atom stereocenters. The van der Waals surface area contributed by atoms with Crippen LogP contribution in [-0.2, 0) is 9.53 Å². The fourth-order valence-electron chi connectivity index (χ4n) is 1.20. The fourth-order valence-corrected chi connectivity index (χ4v) is 1.20. The van der Waals surface area contributed by atoms with Crippen molar-refractivity contribution >= 4 is 5.97 Å². The summed E-state index contributed by atoms with van der Waals surface area (Å²) in [7, 11) is 0. The van der Waals surface area contributed by atoms with E-state index in [4.69, 9.17) is 9.84 Å². The molecule has 2 N–H and O–H groups in total. The predicted octanol–water partition coefficient (Wildman–Crippen LogP) is 0.896. The van der Waals surface area contributed by atoms with Crippen LogP contribution in [0.25, 0.3) is 0 Å². The van der Waals surface area contributed by atoms with Crippen LogP contribution in [0.1, 0.15) is 6.42 Å². The first-order valence-electron chi connectivity index (χ1n) is 4.19. The Kier molecular flexibility index (Phi) is 3.23. The monoisotopic (exact) mass is 225 g/mol. The van der Waals surface area contributed by atoms with E-state index in [-0.39, 0.29) is 25.7 Å². The van der Waals surface area contributed by atoms with E-state index in [0.717, 1.165) is 0 Å². The highest BCUT2D eigenvalue weighted by Gasteiger charge is 2.41. The smallest absolute Gasteiger partial charge is 0.411 e. The number of hydrogen-bond donors (Lipinski definition) is 2. The van der Waals surface area contributed by atoms with Gasteiger partial charge >= 0.3 is 12.1 Å². The summed E-state index contributed by atoms with van der Waals surface area (Å²) in [6, 6.07) is 0. The van der Waals surface area contributed by atoms with Gasteiger partial charge in [0.1, 0.15) is 0 Å². The molecule has 0 aromatic heterocycles. The van der Waals surface area contributed by atoms with Gasteiger partial charge < -0.3 is 15.2 Å². The Morgan fingerprint density at radius 2 is 2.20 bits per heavy atom. The number of carboxylic acids is 1. The minimum Gasteiger partial charge on any atom is -0.479 e. The third kappa shape index (κ3) is 3.12. The Bertz CT molecular complexity index is 269. The highest BCUT2D eigenvalue weighted by molar-refractivity contribution is 5.79. The number of carboxylic acid groups (broad SMARTS) is 1. The molecule has 0 bridgehead atoms. The Balaban J connectivity index is 2.61. The van der Waals surface area contributed by atoms with Crippen LogP contribution in [0.15, 0.2) is 12.3 Å². The Morgan fingerprint density at radius 3 is 2.60 bits per heavy atom. The van der Waals surface area contributed by atoms with Crippen LogP contribution in [0.4, 0.5) is 13.2 Å². The predicted molar refractivity (Wildman–Crippen MR) is 44.1 cm³/mol. The summed E-state index contributed by atoms with van der Waals surface area (Å²) in [6.07, 6.45) is -3.75. The number of nitrogens with one attached hydrogen (secondary N) is 1. The van der Waals surface area contributed by atoms with Crippen molar-refractivity contribution < 1.29 is 27.8 Å². The second-order valence-electron chi connectivity index (χ2n) is 3.21. The van der Waals surface area contributed by atoms with Crippen molar-refractivity contribution in [1.29, 1.82) is 0 Å². The number of allylic oxidation sites excluding steroid dienone is 1. The van der Waals surface area contributed by atoms with Gasteiger partial charge in [-0.15, -0.1) is 0 Å². The molecule has 1 rings (SSSR count).